The zero-order chi connectivity index (χ0) is 19.0. The van der Waals surface area contributed by atoms with Crippen LogP contribution in [-0.4, -0.2) is 48.8 Å². The second kappa shape index (κ2) is 6.94. The molecule has 1 aliphatic rings. The van der Waals surface area contributed by atoms with Crippen molar-refractivity contribution in [3.05, 3.63) is 47.5 Å². The monoisotopic (exact) mass is 366 g/mol. The third-order valence-electron chi connectivity index (χ3n) is 5.03. The summed E-state index contributed by atoms with van der Waals surface area (Å²) in [7, 11) is 1.81. The van der Waals surface area contributed by atoms with Gasteiger partial charge in [0.05, 0.1) is 22.6 Å². The molecule has 1 unspecified atom stereocenters. The predicted molar refractivity (Wildman–Crippen MR) is 97.9 cm³/mol. The van der Waals surface area contributed by atoms with Crippen molar-refractivity contribution in [3.63, 3.8) is 0 Å². The molecule has 3 aromatic heterocycles. The van der Waals surface area contributed by atoms with Crippen molar-refractivity contribution in [1.29, 1.82) is 0 Å². The molecule has 3 aromatic rings. The molecule has 1 fully saturated rings. The molecule has 8 nitrogen and oxygen atoms in total. The lowest BCUT2D eigenvalue weighted by Crippen LogP contribution is -2.29. The molecule has 27 heavy (non-hydrogen) atoms. The van der Waals surface area contributed by atoms with Gasteiger partial charge in [0.15, 0.2) is 0 Å². The Labute approximate surface area is 157 Å². The van der Waals surface area contributed by atoms with Gasteiger partial charge in [0.1, 0.15) is 11.5 Å². The van der Waals surface area contributed by atoms with Gasteiger partial charge in [0, 0.05) is 38.7 Å². The van der Waals surface area contributed by atoms with Gasteiger partial charge in [-0.1, -0.05) is 5.16 Å². The smallest absolute Gasteiger partial charge is 0.274 e. The lowest BCUT2D eigenvalue weighted by atomic mass is 9.98. The van der Waals surface area contributed by atoms with Crippen LogP contribution in [0.3, 0.4) is 0 Å². The summed E-state index contributed by atoms with van der Waals surface area (Å²) >= 11 is 0. The van der Waals surface area contributed by atoms with E-state index in [1.807, 2.05) is 25.8 Å². The molecule has 0 radical (unpaired) electrons. The van der Waals surface area contributed by atoms with E-state index in [-0.39, 0.29) is 5.91 Å². The number of hydrogen-bond acceptors (Lipinski definition) is 6. The van der Waals surface area contributed by atoms with Gasteiger partial charge in [-0.25, -0.2) is 0 Å². The Morgan fingerprint density at radius 1 is 1.30 bits per heavy atom. The van der Waals surface area contributed by atoms with Gasteiger partial charge in [-0.2, -0.15) is 5.10 Å². The number of rotatable bonds is 4. The quantitative estimate of drug-likeness (QED) is 0.703. The first-order valence-electron chi connectivity index (χ1n) is 9.05. The molecular formula is C19H22N6O2. The van der Waals surface area contributed by atoms with E-state index >= 15 is 0 Å². The number of amides is 1. The number of hydrogen-bond donors (Lipinski definition) is 0. The van der Waals surface area contributed by atoms with E-state index < -0.39 is 0 Å². The van der Waals surface area contributed by atoms with Crippen LogP contribution in [0.5, 0.6) is 0 Å². The SMILES string of the molecule is Cc1noc(C)c1-c1nccnc1CC1CCN(C(=O)c2ccn(C)n2)C1. The minimum Gasteiger partial charge on any atom is -0.361 e. The van der Waals surface area contributed by atoms with Crippen LogP contribution in [0.2, 0.25) is 0 Å². The van der Waals surface area contributed by atoms with Crippen molar-refractivity contribution in [3.8, 4) is 11.3 Å². The van der Waals surface area contributed by atoms with Crippen molar-refractivity contribution < 1.29 is 9.32 Å². The number of aryl methyl sites for hydroxylation is 3. The summed E-state index contributed by atoms with van der Waals surface area (Å²) in [6.45, 7) is 5.23. The Morgan fingerprint density at radius 2 is 2.11 bits per heavy atom. The molecule has 0 spiro atoms. The Hall–Kier alpha value is -3.03. The molecule has 0 aromatic carbocycles. The van der Waals surface area contributed by atoms with Gasteiger partial charge in [-0.3, -0.25) is 19.4 Å². The predicted octanol–water partition coefficient (Wildman–Crippen LogP) is 2.19. The van der Waals surface area contributed by atoms with Gasteiger partial charge in [0.25, 0.3) is 5.91 Å². The van der Waals surface area contributed by atoms with Gasteiger partial charge >= 0.3 is 0 Å². The highest BCUT2D eigenvalue weighted by Gasteiger charge is 2.29. The summed E-state index contributed by atoms with van der Waals surface area (Å²) < 4.78 is 6.94. The Bertz CT molecular complexity index is 957. The molecule has 1 atom stereocenters. The highest BCUT2D eigenvalue weighted by molar-refractivity contribution is 5.92. The van der Waals surface area contributed by atoms with Crippen LogP contribution in [0.4, 0.5) is 0 Å². The van der Waals surface area contributed by atoms with E-state index in [9.17, 15) is 4.79 Å². The number of aromatic nitrogens is 5. The number of likely N-dealkylation sites (tertiary alicyclic amines) is 1. The summed E-state index contributed by atoms with van der Waals surface area (Å²) in [6, 6.07) is 1.76. The van der Waals surface area contributed by atoms with E-state index in [2.05, 4.69) is 20.2 Å². The van der Waals surface area contributed by atoms with Crippen LogP contribution < -0.4 is 0 Å². The molecule has 0 saturated carbocycles. The normalized spacial score (nSPS) is 16.9. The molecule has 0 aliphatic carbocycles. The van der Waals surface area contributed by atoms with Crippen LogP contribution in [0.1, 0.15) is 34.1 Å². The zero-order valence-electron chi connectivity index (χ0n) is 15.7. The van der Waals surface area contributed by atoms with Crippen molar-refractivity contribution in [2.45, 2.75) is 26.7 Å². The second-order valence-corrected chi connectivity index (χ2v) is 7.04. The first kappa shape index (κ1) is 17.4. The summed E-state index contributed by atoms with van der Waals surface area (Å²) in [4.78, 5) is 23.6. The fraction of sp³-hybridized carbons (Fsp3) is 0.421. The first-order valence-corrected chi connectivity index (χ1v) is 9.05. The minimum absolute atomic E-state index is 0.0109. The maximum atomic E-state index is 12.6. The van der Waals surface area contributed by atoms with Crippen LogP contribution in [-0.2, 0) is 13.5 Å². The molecule has 4 heterocycles. The van der Waals surface area contributed by atoms with Crippen LogP contribution in [0.25, 0.3) is 11.3 Å². The molecule has 1 amide bonds. The molecule has 140 valence electrons. The van der Waals surface area contributed by atoms with Gasteiger partial charge in [-0.15, -0.1) is 0 Å². The Kier molecular flexibility index (Phi) is 4.47. The molecule has 0 N–H and O–H groups in total. The molecular weight excluding hydrogens is 344 g/mol. The van der Waals surface area contributed by atoms with E-state index in [1.165, 1.54) is 0 Å². The number of carbonyl (C=O) groups is 1. The largest absolute Gasteiger partial charge is 0.361 e. The van der Waals surface area contributed by atoms with Gasteiger partial charge in [-0.05, 0) is 38.7 Å². The van der Waals surface area contributed by atoms with Crippen molar-refractivity contribution in [2.75, 3.05) is 13.1 Å². The summed E-state index contributed by atoms with van der Waals surface area (Å²) in [5, 5.41) is 8.25. The third-order valence-corrected chi connectivity index (χ3v) is 5.03. The van der Waals surface area contributed by atoms with Crippen molar-refractivity contribution in [2.24, 2.45) is 13.0 Å². The van der Waals surface area contributed by atoms with E-state index in [0.29, 0.717) is 18.2 Å². The summed E-state index contributed by atoms with van der Waals surface area (Å²) in [5.74, 6) is 1.07. The van der Waals surface area contributed by atoms with E-state index in [1.54, 1.807) is 29.3 Å². The van der Waals surface area contributed by atoms with Crippen LogP contribution in [0.15, 0.2) is 29.2 Å². The average molecular weight is 366 g/mol. The molecule has 4 rings (SSSR count). The second-order valence-electron chi connectivity index (χ2n) is 7.04. The molecule has 1 saturated heterocycles. The fourth-order valence-electron chi connectivity index (χ4n) is 3.69. The van der Waals surface area contributed by atoms with Gasteiger partial charge < -0.3 is 9.42 Å². The lowest BCUT2D eigenvalue weighted by molar-refractivity contribution is 0.0780. The number of carbonyl (C=O) groups excluding carboxylic acids is 1. The number of nitrogens with zero attached hydrogens (tertiary/aromatic N) is 6. The van der Waals surface area contributed by atoms with Crippen LogP contribution >= 0.6 is 0 Å². The zero-order valence-corrected chi connectivity index (χ0v) is 15.7. The van der Waals surface area contributed by atoms with Crippen molar-refractivity contribution in [1.82, 2.24) is 29.8 Å². The highest BCUT2D eigenvalue weighted by Crippen LogP contribution is 2.30. The van der Waals surface area contributed by atoms with Gasteiger partial charge in [0.2, 0.25) is 0 Å². The first-order chi connectivity index (χ1) is 13.0. The summed E-state index contributed by atoms with van der Waals surface area (Å²) in [5.41, 5.74) is 3.96. The Balaban J connectivity index is 1.51. The minimum atomic E-state index is -0.0109. The Morgan fingerprint density at radius 3 is 2.81 bits per heavy atom. The third kappa shape index (κ3) is 3.34. The standard InChI is InChI=1S/C19H22N6O2/c1-12-17(13(2)27-23-12)18-16(20-6-7-21-18)10-14-4-9-25(11-14)19(26)15-5-8-24(3)22-15/h5-8,14H,4,9-11H2,1-3H3. The van der Waals surface area contributed by atoms with E-state index in [4.69, 9.17) is 4.52 Å². The maximum absolute atomic E-state index is 12.6. The van der Waals surface area contributed by atoms with E-state index in [0.717, 1.165) is 47.8 Å². The molecule has 1 aliphatic heterocycles. The van der Waals surface area contributed by atoms with Crippen molar-refractivity contribution >= 4 is 5.91 Å². The topological polar surface area (TPSA) is 89.9 Å². The lowest BCUT2D eigenvalue weighted by Gasteiger charge is -2.15. The average Bonchev–Trinajstić information content (AvgIpc) is 3.37. The summed E-state index contributed by atoms with van der Waals surface area (Å²) in [6.07, 6.45) is 6.89. The molecule has 0 bridgehead atoms. The highest BCUT2D eigenvalue weighted by atomic mass is 16.5. The molecule has 8 heteroatoms. The van der Waals surface area contributed by atoms with Crippen LogP contribution in [0, 0.1) is 19.8 Å². The maximum Gasteiger partial charge on any atom is 0.274 e. The fourth-order valence-corrected chi connectivity index (χ4v) is 3.69.